The van der Waals surface area contributed by atoms with Crippen molar-refractivity contribution in [3.8, 4) is 67.8 Å². The average molecular weight is 660 g/mol. The average Bonchev–Trinajstić information content (AvgIpc) is 3.22. The van der Waals surface area contributed by atoms with E-state index < -0.39 is 0 Å². The molecule has 0 aliphatic heterocycles. The fraction of sp³-hybridized carbons (Fsp3) is 0. The zero-order chi connectivity index (χ0) is 34.4. The number of carbonyl (C=O) groups is 1. The third-order valence-electron chi connectivity index (χ3n) is 8.32. The number of anilines is 1. The van der Waals surface area contributed by atoms with Crippen LogP contribution in [0.4, 0.5) is 5.69 Å². The molecular weight excluding hydrogens is 631 g/mol. The molecule has 0 spiro atoms. The normalized spacial score (nSPS) is 10.8. The van der Waals surface area contributed by atoms with Gasteiger partial charge in [-0.2, -0.15) is 0 Å². The molecule has 0 radical (unpaired) electrons. The van der Waals surface area contributed by atoms with Gasteiger partial charge < -0.3 is 5.32 Å². The number of carbonyl (C=O) groups excluding carboxylic acids is 1. The van der Waals surface area contributed by atoms with Crippen molar-refractivity contribution >= 4 is 11.6 Å². The first kappa shape index (κ1) is 31.1. The van der Waals surface area contributed by atoms with Crippen molar-refractivity contribution in [2.24, 2.45) is 0 Å². The highest BCUT2D eigenvalue weighted by molar-refractivity contribution is 6.04. The van der Waals surface area contributed by atoms with Gasteiger partial charge in [0, 0.05) is 36.0 Å². The number of benzene rings is 2. The number of rotatable bonds is 8. The fourth-order valence-electron chi connectivity index (χ4n) is 5.74. The minimum absolute atomic E-state index is 0.203. The molecule has 0 atom stereocenters. The van der Waals surface area contributed by atoms with E-state index in [1.54, 1.807) is 24.8 Å². The lowest BCUT2D eigenvalue weighted by Gasteiger charge is -2.11. The van der Waals surface area contributed by atoms with Crippen molar-refractivity contribution in [2.45, 2.75) is 0 Å². The van der Waals surface area contributed by atoms with E-state index in [9.17, 15) is 4.79 Å². The molecule has 6 aromatic heterocycles. The summed E-state index contributed by atoms with van der Waals surface area (Å²) < 4.78 is 0. The highest BCUT2D eigenvalue weighted by Crippen LogP contribution is 2.31. The molecule has 0 saturated heterocycles. The molecule has 6 heterocycles. The maximum atomic E-state index is 13.3. The summed E-state index contributed by atoms with van der Waals surface area (Å²) in [5.74, 6) is -0.203. The van der Waals surface area contributed by atoms with Gasteiger partial charge in [-0.25, -0.2) is 9.97 Å². The molecule has 0 aliphatic rings. The van der Waals surface area contributed by atoms with Crippen LogP contribution in [0.3, 0.4) is 0 Å². The molecule has 2 aromatic carbocycles. The van der Waals surface area contributed by atoms with Gasteiger partial charge in [-0.1, -0.05) is 48.5 Å². The molecule has 1 N–H and O–H groups in total. The van der Waals surface area contributed by atoms with Gasteiger partial charge >= 0.3 is 0 Å². The largest absolute Gasteiger partial charge is 0.322 e. The molecule has 0 saturated carbocycles. The van der Waals surface area contributed by atoms with E-state index in [4.69, 9.17) is 9.97 Å². The van der Waals surface area contributed by atoms with Crippen molar-refractivity contribution in [1.82, 2.24) is 29.9 Å². The smallest absolute Gasteiger partial charge is 0.255 e. The van der Waals surface area contributed by atoms with Gasteiger partial charge in [0.15, 0.2) is 0 Å². The number of hydrogen-bond acceptors (Lipinski definition) is 7. The summed E-state index contributed by atoms with van der Waals surface area (Å²) in [6.45, 7) is 0. The molecule has 0 fully saturated rings. The second-order valence-corrected chi connectivity index (χ2v) is 11.7. The van der Waals surface area contributed by atoms with E-state index in [2.05, 4.69) is 25.3 Å². The van der Waals surface area contributed by atoms with Crippen molar-refractivity contribution in [1.29, 1.82) is 0 Å². The van der Waals surface area contributed by atoms with Crippen LogP contribution in [0.2, 0.25) is 0 Å². The van der Waals surface area contributed by atoms with Crippen LogP contribution in [-0.4, -0.2) is 35.8 Å². The maximum Gasteiger partial charge on any atom is 0.255 e. The summed E-state index contributed by atoms with van der Waals surface area (Å²) in [7, 11) is 0. The number of amides is 1. The van der Waals surface area contributed by atoms with Gasteiger partial charge in [0.1, 0.15) is 0 Å². The van der Waals surface area contributed by atoms with Gasteiger partial charge in [0.05, 0.1) is 45.6 Å². The molecule has 1 amide bonds. The molecule has 8 aromatic rings. The Labute approximate surface area is 294 Å². The first-order chi connectivity index (χ1) is 25.2. The number of hydrogen-bond donors (Lipinski definition) is 1. The first-order valence-corrected chi connectivity index (χ1v) is 16.4. The summed E-state index contributed by atoms with van der Waals surface area (Å²) in [5, 5.41) is 3.03. The number of nitrogens with zero attached hydrogens (tertiary/aromatic N) is 6. The number of pyridine rings is 6. The van der Waals surface area contributed by atoms with E-state index in [0.717, 1.165) is 67.8 Å². The van der Waals surface area contributed by atoms with Gasteiger partial charge in [0.25, 0.3) is 5.91 Å². The second kappa shape index (κ2) is 14.1. The number of nitrogens with one attached hydrogen (secondary N) is 1. The van der Waals surface area contributed by atoms with E-state index in [0.29, 0.717) is 11.3 Å². The molecule has 8 nitrogen and oxygen atoms in total. The lowest BCUT2D eigenvalue weighted by Crippen LogP contribution is -2.11. The number of aromatic nitrogens is 6. The Hall–Kier alpha value is -7.19. The highest BCUT2D eigenvalue weighted by atomic mass is 16.1. The molecular formula is C43H29N7O. The zero-order valence-corrected chi connectivity index (χ0v) is 27.3. The minimum atomic E-state index is -0.203. The van der Waals surface area contributed by atoms with E-state index in [-0.39, 0.29) is 5.91 Å². The van der Waals surface area contributed by atoms with Gasteiger partial charge in [-0.3, -0.25) is 24.7 Å². The van der Waals surface area contributed by atoms with Crippen LogP contribution in [-0.2, 0) is 0 Å². The molecule has 8 rings (SSSR count). The van der Waals surface area contributed by atoms with Crippen LogP contribution in [0, 0.1) is 0 Å². The lowest BCUT2D eigenvalue weighted by atomic mass is 10.0. The Morgan fingerprint density at radius 1 is 0.373 bits per heavy atom. The Balaban J connectivity index is 1.03. The second-order valence-electron chi connectivity index (χ2n) is 11.7. The van der Waals surface area contributed by atoms with Crippen molar-refractivity contribution in [3.05, 3.63) is 176 Å². The van der Waals surface area contributed by atoms with Crippen LogP contribution in [0.5, 0.6) is 0 Å². The maximum absolute atomic E-state index is 13.3. The van der Waals surface area contributed by atoms with Crippen LogP contribution in [0.1, 0.15) is 10.4 Å². The van der Waals surface area contributed by atoms with Gasteiger partial charge in [0.2, 0.25) is 0 Å². The first-order valence-electron chi connectivity index (χ1n) is 16.4. The van der Waals surface area contributed by atoms with Crippen LogP contribution < -0.4 is 5.32 Å². The predicted octanol–water partition coefficient (Wildman–Crippen LogP) is 9.31. The SMILES string of the molecule is O=C(Nc1ccc(-c2cc(-c3ccccn3)nc(-c3ccccn3)c2)cc1)c1ccc(-c2cc(-c3ccccn3)nc(-c3ccccn3)c2)cc1. The summed E-state index contributed by atoms with van der Waals surface area (Å²) in [4.78, 5) is 41.1. The Bertz CT molecular complexity index is 2310. The van der Waals surface area contributed by atoms with Gasteiger partial charge in [-0.15, -0.1) is 0 Å². The predicted molar refractivity (Wildman–Crippen MR) is 200 cm³/mol. The molecule has 242 valence electrons. The van der Waals surface area contributed by atoms with Crippen LogP contribution in [0.25, 0.3) is 67.8 Å². The Morgan fingerprint density at radius 3 is 1.06 bits per heavy atom. The summed E-state index contributed by atoms with van der Waals surface area (Å²) in [6, 6.07) is 46.4. The summed E-state index contributed by atoms with van der Waals surface area (Å²) in [6.07, 6.45) is 7.02. The van der Waals surface area contributed by atoms with Crippen LogP contribution >= 0.6 is 0 Å². The molecule has 51 heavy (non-hydrogen) atoms. The van der Waals surface area contributed by atoms with E-state index >= 15 is 0 Å². The standard InChI is InChI=1S/C43H29N7O/c51-43(31-15-13-29(14-16-31)32-25-39(35-9-1-5-21-44-35)49-40(26-32)36-10-2-6-22-45-36)48-34-19-17-30(18-20-34)33-27-41(37-11-3-7-23-46-37)50-42(28-33)38-12-4-8-24-47-38/h1-28H,(H,48,51). The zero-order valence-electron chi connectivity index (χ0n) is 27.3. The quantitative estimate of drug-likeness (QED) is 0.173. The summed E-state index contributed by atoms with van der Waals surface area (Å²) >= 11 is 0. The molecule has 0 unspecified atom stereocenters. The highest BCUT2D eigenvalue weighted by Gasteiger charge is 2.13. The minimum Gasteiger partial charge on any atom is -0.322 e. The Kier molecular flexibility index (Phi) is 8.61. The van der Waals surface area contributed by atoms with E-state index in [1.165, 1.54) is 0 Å². The third kappa shape index (κ3) is 7.02. The van der Waals surface area contributed by atoms with E-state index in [1.807, 2.05) is 146 Å². The molecule has 8 heteroatoms. The monoisotopic (exact) mass is 659 g/mol. The Morgan fingerprint density at radius 2 is 0.725 bits per heavy atom. The third-order valence-corrected chi connectivity index (χ3v) is 8.32. The van der Waals surface area contributed by atoms with Crippen molar-refractivity contribution < 1.29 is 4.79 Å². The van der Waals surface area contributed by atoms with Crippen molar-refractivity contribution in [2.75, 3.05) is 5.32 Å². The summed E-state index contributed by atoms with van der Waals surface area (Å²) in [5.41, 5.74) is 11.1. The molecule has 0 aliphatic carbocycles. The van der Waals surface area contributed by atoms with Crippen LogP contribution in [0.15, 0.2) is 170 Å². The fourth-order valence-corrected chi connectivity index (χ4v) is 5.74. The molecule has 0 bridgehead atoms. The topological polar surface area (TPSA) is 106 Å². The van der Waals surface area contributed by atoms with Crippen molar-refractivity contribution in [3.63, 3.8) is 0 Å². The lowest BCUT2D eigenvalue weighted by molar-refractivity contribution is 0.102. The van der Waals surface area contributed by atoms with Gasteiger partial charge in [-0.05, 0) is 119 Å².